The summed E-state index contributed by atoms with van der Waals surface area (Å²) in [4.78, 5) is 6.07. The number of nitrogens with zero attached hydrogens (tertiary/aromatic N) is 3. The van der Waals surface area contributed by atoms with Crippen molar-refractivity contribution in [3.63, 3.8) is 0 Å². The van der Waals surface area contributed by atoms with Gasteiger partial charge in [0.2, 0.25) is 0 Å². The molecule has 6 nitrogen and oxygen atoms in total. The van der Waals surface area contributed by atoms with Gasteiger partial charge in [-0.2, -0.15) is 13.2 Å². The average molecular weight is 432 g/mol. The molecule has 1 aromatic heterocycles. The van der Waals surface area contributed by atoms with Crippen molar-refractivity contribution in [3.8, 4) is 0 Å². The number of piperidine rings is 1. The Morgan fingerprint density at radius 2 is 1.93 bits per heavy atom. The Morgan fingerprint density at radius 3 is 2.53 bits per heavy atom. The first-order valence-electron chi connectivity index (χ1n) is 11.1. The number of halogens is 3. The Kier molecular flexibility index (Phi) is 9.94. The molecule has 2 heterocycles. The lowest BCUT2D eigenvalue weighted by atomic mass is 9.93. The lowest BCUT2D eigenvalue weighted by molar-refractivity contribution is -0.148. The van der Waals surface area contributed by atoms with Crippen LogP contribution in [0.5, 0.6) is 0 Å². The van der Waals surface area contributed by atoms with E-state index in [0.29, 0.717) is 37.4 Å². The summed E-state index contributed by atoms with van der Waals surface area (Å²) in [6, 6.07) is 1.99. The molecule has 0 spiro atoms. The molecule has 0 amide bonds. The molecule has 2 rings (SSSR count). The maximum Gasteiger partial charge on any atom is 0.401 e. The van der Waals surface area contributed by atoms with E-state index >= 15 is 0 Å². The van der Waals surface area contributed by atoms with Gasteiger partial charge in [-0.1, -0.05) is 19.0 Å². The van der Waals surface area contributed by atoms with E-state index in [1.165, 1.54) is 4.90 Å². The standard InChI is InChI=1S/C21H36F3N5O/c1-4-17(5-2)19-13-18(30-28-19)14-27-20(25-6-3)26-10-7-16-8-11-29(12-9-16)15-21(22,23)24/h13,16-17H,4-12,14-15H2,1-3H3,(H2,25,26,27). The second-order valence-corrected chi connectivity index (χ2v) is 7.98. The molecule has 30 heavy (non-hydrogen) atoms. The Morgan fingerprint density at radius 1 is 1.23 bits per heavy atom. The predicted octanol–water partition coefficient (Wildman–Crippen LogP) is 4.30. The second-order valence-electron chi connectivity index (χ2n) is 7.98. The van der Waals surface area contributed by atoms with E-state index in [-0.39, 0.29) is 0 Å². The maximum absolute atomic E-state index is 12.5. The molecule has 0 saturated carbocycles. The molecule has 1 saturated heterocycles. The molecule has 1 aliphatic heterocycles. The number of guanidine groups is 1. The smallest absolute Gasteiger partial charge is 0.359 e. The molecule has 0 atom stereocenters. The van der Waals surface area contributed by atoms with Crippen molar-refractivity contribution in [1.29, 1.82) is 0 Å². The van der Waals surface area contributed by atoms with E-state index in [1.54, 1.807) is 0 Å². The van der Waals surface area contributed by atoms with Crippen LogP contribution in [0.2, 0.25) is 0 Å². The number of aliphatic imine (C=N–C) groups is 1. The number of hydrogen-bond acceptors (Lipinski definition) is 4. The molecule has 1 aromatic rings. The zero-order valence-electron chi connectivity index (χ0n) is 18.4. The van der Waals surface area contributed by atoms with Crippen molar-refractivity contribution in [2.75, 3.05) is 32.7 Å². The molecule has 1 fully saturated rings. The van der Waals surface area contributed by atoms with Crippen LogP contribution >= 0.6 is 0 Å². The zero-order chi connectivity index (χ0) is 22.0. The highest BCUT2D eigenvalue weighted by Gasteiger charge is 2.32. The number of aromatic nitrogens is 1. The van der Waals surface area contributed by atoms with Gasteiger partial charge < -0.3 is 15.2 Å². The van der Waals surface area contributed by atoms with Gasteiger partial charge in [0.1, 0.15) is 6.54 Å². The molecule has 0 radical (unpaired) electrons. The van der Waals surface area contributed by atoms with Crippen molar-refractivity contribution in [1.82, 2.24) is 20.7 Å². The summed E-state index contributed by atoms with van der Waals surface area (Å²) in [5.74, 6) is 2.32. The molecular weight excluding hydrogens is 395 g/mol. The Balaban J connectivity index is 1.75. The summed E-state index contributed by atoms with van der Waals surface area (Å²) in [6.45, 7) is 8.44. The highest BCUT2D eigenvalue weighted by atomic mass is 19.4. The average Bonchev–Trinajstić information content (AvgIpc) is 3.16. The summed E-state index contributed by atoms with van der Waals surface area (Å²) in [7, 11) is 0. The largest absolute Gasteiger partial charge is 0.401 e. The molecule has 0 aromatic carbocycles. The van der Waals surface area contributed by atoms with Gasteiger partial charge in [-0.15, -0.1) is 0 Å². The van der Waals surface area contributed by atoms with Crippen LogP contribution in [-0.4, -0.2) is 54.9 Å². The number of likely N-dealkylation sites (tertiary alicyclic amines) is 1. The zero-order valence-corrected chi connectivity index (χ0v) is 18.4. The summed E-state index contributed by atoms with van der Waals surface area (Å²) in [6.07, 6.45) is 0.496. The minimum absolute atomic E-state index is 0.415. The maximum atomic E-state index is 12.5. The number of alkyl halides is 3. The van der Waals surface area contributed by atoms with Crippen LogP contribution < -0.4 is 10.6 Å². The summed E-state index contributed by atoms with van der Waals surface area (Å²) < 4.78 is 42.9. The quantitative estimate of drug-likeness (QED) is 0.427. The number of nitrogens with one attached hydrogen (secondary N) is 2. The highest BCUT2D eigenvalue weighted by molar-refractivity contribution is 5.79. The van der Waals surface area contributed by atoms with Crippen molar-refractivity contribution in [2.45, 2.75) is 71.5 Å². The van der Waals surface area contributed by atoms with Crippen LogP contribution in [0, 0.1) is 5.92 Å². The minimum atomic E-state index is -4.11. The van der Waals surface area contributed by atoms with Crippen LogP contribution in [0.15, 0.2) is 15.6 Å². The van der Waals surface area contributed by atoms with Gasteiger partial charge in [0, 0.05) is 25.1 Å². The van der Waals surface area contributed by atoms with Gasteiger partial charge >= 0.3 is 6.18 Å². The van der Waals surface area contributed by atoms with Crippen LogP contribution in [0.1, 0.15) is 70.2 Å². The second kappa shape index (κ2) is 12.2. The van der Waals surface area contributed by atoms with Gasteiger partial charge in [-0.05, 0) is 58.0 Å². The van der Waals surface area contributed by atoms with Gasteiger partial charge in [-0.25, -0.2) is 4.99 Å². The van der Waals surface area contributed by atoms with E-state index in [2.05, 4.69) is 34.6 Å². The van der Waals surface area contributed by atoms with E-state index in [9.17, 15) is 13.2 Å². The van der Waals surface area contributed by atoms with Crippen LogP contribution in [0.4, 0.5) is 13.2 Å². The molecule has 172 valence electrons. The van der Waals surface area contributed by atoms with Gasteiger partial charge in [-0.3, -0.25) is 4.90 Å². The Labute approximate surface area is 177 Å². The van der Waals surface area contributed by atoms with Gasteiger partial charge in [0.05, 0.1) is 12.2 Å². The number of hydrogen-bond donors (Lipinski definition) is 2. The lowest BCUT2D eigenvalue weighted by Gasteiger charge is -2.32. The SMILES string of the molecule is CCNC(=NCc1cc(C(CC)CC)no1)NCCC1CCN(CC(F)(F)F)CC1. The van der Waals surface area contributed by atoms with E-state index in [0.717, 1.165) is 56.6 Å². The fourth-order valence-electron chi connectivity index (χ4n) is 3.88. The first kappa shape index (κ1) is 24.5. The third-order valence-electron chi connectivity index (χ3n) is 5.67. The van der Waals surface area contributed by atoms with E-state index < -0.39 is 12.7 Å². The predicted molar refractivity (Wildman–Crippen MR) is 112 cm³/mol. The Hall–Kier alpha value is -1.77. The monoisotopic (exact) mass is 431 g/mol. The molecule has 1 aliphatic rings. The van der Waals surface area contributed by atoms with Gasteiger partial charge in [0.15, 0.2) is 11.7 Å². The molecule has 0 unspecified atom stereocenters. The topological polar surface area (TPSA) is 65.7 Å². The first-order valence-corrected chi connectivity index (χ1v) is 11.1. The first-order chi connectivity index (χ1) is 14.3. The molecular formula is C21H36F3N5O. The molecule has 9 heteroatoms. The fourth-order valence-corrected chi connectivity index (χ4v) is 3.88. The third-order valence-corrected chi connectivity index (χ3v) is 5.67. The lowest BCUT2D eigenvalue weighted by Crippen LogP contribution is -2.41. The fraction of sp³-hybridized carbons (Fsp3) is 0.810. The van der Waals surface area contributed by atoms with Crippen molar-refractivity contribution in [2.24, 2.45) is 10.9 Å². The highest BCUT2D eigenvalue weighted by Crippen LogP contribution is 2.24. The molecule has 0 aliphatic carbocycles. The van der Waals surface area contributed by atoms with Crippen molar-refractivity contribution < 1.29 is 17.7 Å². The van der Waals surface area contributed by atoms with Crippen LogP contribution in [0.3, 0.4) is 0 Å². The molecule has 0 bridgehead atoms. The summed E-state index contributed by atoms with van der Waals surface area (Å²) in [5, 5.41) is 10.7. The van der Waals surface area contributed by atoms with E-state index in [1.807, 2.05) is 13.0 Å². The summed E-state index contributed by atoms with van der Waals surface area (Å²) >= 11 is 0. The van der Waals surface area contributed by atoms with Crippen molar-refractivity contribution >= 4 is 5.96 Å². The normalized spacial score (nSPS) is 17.0. The minimum Gasteiger partial charge on any atom is -0.359 e. The van der Waals surface area contributed by atoms with Gasteiger partial charge in [0.25, 0.3) is 0 Å². The summed E-state index contributed by atoms with van der Waals surface area (Å²) in [5.41, 5.74) is 0.986. The van der Waals surface area contributed by atoms with Crippen LogP contribution in [-0.2, 0) is 6.54 Å². The Bertz CT molecular complexity index is 635. The third kappa shape index (κ3) is 8.53. The van der Waals surface area contributed by atoms with Crippen molar-refractivity contribution in [3.05, 3.63) is 17.5 Å². The van der Waals surface area contributed by atoms with Crippen LogP contribution in [0.25, 0.3) is 0 Å². The number of rotatable bonds is 10. The molecule has 2 N–H and O–H groups in total. The van der Waals surface area contributed by atoms with E-state index in [4.69, 9.17) is 4.52 Å².